The van der Waals surface area contributed by atoms with E-state index in [0.717, 1.165) is 6.54 Å². The molecule has 21 heavy (non-hydrogen) atoms. The van der Waals surface area contributed by atoms with Crippen molar-refractivity contribution in [1.29, 1.82) is 0 Å². The molecule has 1 aromatic carbocycles. The summed E-state index contributed by atoms with van der Waals surface area (Å²) >= 11 is 0. The number of nitrogens with one attached hydrogen (secondary N) is 2. The Labute approximate surface area is 128 Å². The van der Waals surface area contributed by atoms with Crippen LogP contribution in [0.5, 0.6) is 5.75 Å². The van der Waals surface area contributed by atoms with Crippen LogP contribution in [0.15, 0.2) is 29.2 Å². The molecule has 0 fully saturated rings. The summed E-state index contributed by atoms with van der Waals surface area (Å²) in [5.74, 6) is 1.40. The molecule has 0 heterocycles. The Kier molecular flexibility index (Phi) is 7.14. The van der Waals surface area contributed by atoms with E-state index < -0.39 is 10.0 Å². The molecule has 2 N–H and O–H groups in total. The lowest BCUT2D eigenvalue weighted by molar-refractivity contribution is 0.318. The Morgan fingerprint density at radius 1 is 1.14 bits per heavy atom. The predicted octanol–water partition coefficient (Wildman–Crippen LogP) is 1.86. The van der Waals surface area contributed by atoms with E-state index in [1.165, 1.54) is 0 Å². The van der Waals surface area contributed by atoms with Crippen LogP contribution in [0, 0.1) is 11.8 Å². The van der Waals surface area contributed by atoms with E-state index >= 15 is 0 Å². The maximum absolute atomic E-state index is 12.2. The molecule has 1 atom stereocenters. The van der Waals surface area contributed by atoms with E-state index in [-0.39, 0.29) is 4.90 Å². The van der Waals surface area contributed by atoms with Crippen molar-refractivity contribution in [3.05, 3.63) is 24.3 Å². The van der Waals surface area contributed by atoms with Gasteiger partial charge in [0.1, 0.15) is 12.4 Å². The summed E-state index contributed by atoms with van der Waals surface area (Å²) in [6.45, 7) is 7.93. The minimum atomic E-state index is -3.45. The van der Waals surface area contributed by atoms with E-state index in [2.05, 4.69) is 23.9 Å². The quantitative estimate of drug-likeness (QED) is 0.683. The third-order valence-electron chi connectivity index (χ3n) is 3.49. The van der Waals surface area contributed by atoms with Crippen LogP contribution in [0.2, 0.25) is 0 Å². The van der Waals surface area contributed by atoms with Gasteiger partial charge in [-0.3, -0.25) is 0 Å². The summed E-state index contributed by atoms with van der Waals surface area (Å²) in [5, 5.41) is 2.98. The molecule has 0 spiro atoms. The lowest BCUT2D eigenvalue weighted by Gasteiger charge is -2.16. The first-order chi connectivity index (χ1) is 9.86. The van der Waals surface area contributed by atoms with Gasteiger partial charge in [0.25, 0.3) is 0 Å². The molecular formula is C15H26N2O3S. The summed E-state index contributed by atoms with van der Waals surface area (Å²) < 4.78 is 32.5. The van der Waals surface area contributed by atoms with E-state index in [9.17, 15) is 8.42 Å². The summed E-state index contributed by atoms with van der Waals surface area (Å²) in [4.78, 5) is 0.263. The average Bonchev–Trinajstić information content (AvgIpc) is 2.45. The largest absolute Gasteiger partial charge is 0.492 e. The number of hydrogen-bond acceptors (Lipinski definition) is 4. The Balaban J connectivity index is 2.62. The first-order valence-corrected chi connectivity index (χ1v) is 8.72. The van der Waals surface area contributed by atoms with Crippen molar-refractivity contribution < 1.29 is 13.2 Å². The molecule has 0 aromatic heterocycles. The van der Waals surface area contributed by atoms with Crippen LogP contribution in [-0.2, 0) is 10.0 Å². The molecule has 0 aliphatic carbocycles. The fourth-order valence-electron chi connectivity index (χ4n) is 1.55. The van der Waals surface area contributed by atoms with Crippen LogP contribution < -0.4 is 14.8 Å². The number of rotatable bonds is 9. The molecule has 6 heteroatoms. The zero-order valence-corrected chi connectivity index (χ0v) is 14.0. The summed E-state index contributed by atoms with van der Waals surface area (Å²) in [6, 6.07) is 6.49. The van der Waals surface area contributed by atoms with Crippen molar-refractivity contribution >= 4 is 10.0 Å². The van der Waals surface area contributed by atoms with Gasteiger partial charge in [-0.2, -0.15) is 0 Å². The molecule has 1 aromatic rings. The van der Waals surface area contributed by atoms with Gasteiger partial charge in [0.05, 0.1) is 4.90 Å². The smallest absolute Gasteiger partial charge is 0.240 e. The minimum Gasteiger partial charge on any atom is -0.492 e. The normalized spacial score (nSPS) is 13.4. The van der Waals surface area contributed by atoms with Gasteiger partial charge in [0.15, 0.2) is 0 Å². The second-order valence-electron chi connectivity index (χ2n) is 5.50. The third-order valence-corrected chi connectivity index (χ3v) is 4.93. The second-order valence-corrected chi connectivity index (χ2v) is 7.26. The Bertz CT molecular complexity index is 512. The fourth-order valence-corrected chi connectivity index (χ4v) is 2.69. The molecular weight excluding hydrogens is 288 g/mol. The van der Waals surface area contributed by atoms with Crippen LogP contribution in [0.1, 0.15) is 20.8 Å². The molecule has 0 saturated carbocycles. The monoisotopic (exact) mass is 314 g/mol. The van der Waals surface area contributed by atoms with Crippen molar-refractivity contribution in [2.75, 3.05) is 26.7 Å². The Morgan fingerprint density at radius 2 is 1.76 bits per heavy atom. The van der Waals surface area contributed by atoms with Crippen LogP contribution in [0.3, 0.4) is 0 Å². The zero-order valence-electron chi connectivity index (χ0n) is 13.2. The van der Waals surface area contributed by atoms with Gasteiger partial charge < -0.3 is 10.1 Å². The highest BCUT2D eigenvalue weighted by Crippen LogP contribution is 2.16. The molecule has 0 aliphatic rings. The van der Waals surface area contributed by atoms with Gasteiger partial charge in [-0.25, -0.2) is 13.1 Å². The second kappa shape index (κ2) is 8.36. The molecule has 0 saturated heterocycles. The molecule has 120 valence electrons. The molecule has 1 rings (SSSR count). The topological polar surface area (TPSA) is 67.4 Å². The lowest BCUT2D eigenvalue weighted by Crippen LogP contribution is -2.30. The average molecular weight is 314 g/mol. The van der Waals surface area contributed by atoms with E-state index in [4.69, 9.17) is 4.74 Å². The summed E-state index contributed by atoms with van der Waals surface area (Å²) in [7, 11) is -1.60. The number of benzene rings is 1. The molecule has 0 bridgehead atoms. The highest BCUT2D eigenvalue weighted by Gasteiger charge is 2.16. The number of ether oxygens (including phenoxy) is 1. The van der Waals surface area contributed by atoms with Crippen molar-refractivity contribution in [2.45, 2.75) is 25.7 Å². The van der Waals surface area contributed by atoms with Crippen molar-refractivity contribution in [1.82, 2.24) is 10.0 Å². The van der Waals surface area contributed by atoms with Crippen molar-refractivity contribution in [3.8, 4) is 5.75 Å². The maximum atomic E-state index is 12.2. The summed E-state index contributed by atoms with van der Waals surface area (Å²) in [6.07, 6.45) is 0. The Morgan fingerprint density at radius 3 is 2.29 bits per heavy atom. The van der Waals surface area contributed by atoms with E-state index in [1.807, 2.05) is 14.0 Å². The van der Waals surface area contributed by atoms with Gasteiger partial charge in [0, 0.05) is 13.1 Å². The van der Waals surface area contributed by atoms with E-state index in [0.29, 0.717) is 30.7 Å². The molecule has 0 amide bonds. The first-order valence-electron chi connectivity index (χ1n) is 7.24. The summed E-state index contributed by atoms with van der Waals surface area (Å²) in [5.41, 5.74) is 0. The number of sulfonamides is 1. The van der Waals surface area contributed by atoms with Gasteiger partial charge in [0.2, 0.25) is 10.0 Å². The van der Waals surface area contributed by atoms with Crippen LogP contribution in [0.4, 0.5) is 0 Å². The van der Waals surface area contributed by atoms with Crippen LogP contribution in [-0.4, -0.2) is 35.2 Å². The van der Waals surface area contributed by atoms with Gasteiger partial charge in [-0.1, -0.05) is 20.8 Å². The number of hydrogen-bond donors (Lipinski definition) is 2. The highest BCUT2D eigenvalue weighted by molar-refractivity contribution is 7.89. The van der Waals surface area contributed by atoms with Crippen LogP contribution in [0.25, 0.3) is 0 Å². The number of likely N-dealkylation sites (N-methyl/N-ethyl adjacent to an activating group) is 1. The van der Waals surface area contributed by atoms with Crippen molar-refractivity contribution in [2.24, 2.45) is 11.8 Å². The first kappa shape index (κ1) is 17.9. The zero-order chi connectivity index (χ0) is 15.9. The SMILES string of the molecule is CNCCOc1ccc(S(=O)(=O)NCC(C)C(C)C)cc1. The van der Waals surface area contributed by atoms with Crippen LogP contribution >= 0.6 is 0 Å². The Hall–Kier alpha value is -1.11. The maximum Gasteiger partial charge on any atom is 0.240 e. The fraction of sp³-hybridized carbons (Fsp3) is 0.600. The highest BCUT2D eigenvalue weighted by atomic mass is 32.2. The van der Waals surface area contributed by atoms with Crippen molar-refractivity contribution in [3.63, 3.8) is 0 Å². The molecule has 1 unspecified atom stereocenters. The lowest BCUT2D eigenvalue weighted by atomic mass is 9.99. The minimum absolute atomic E-state index is 0.263. The van der Waals surface area contributed by atoms with Gasteiger partial charge >= 0.3 is 0 Å². The predicted molar refractivity (Wildman–Crippen MR) is 85.1 cm³/mol. The van der Waals surface area contributed by atoms with Gasteiger partial charge in [-0.05, 0) is 43.1 Å². The van der Waals surface area contributed by atoms with E-state index in [1.54, 1.807) is 24.3 Å². The molecule has 0 aliphatic heterocycles. The third kappa shape index (κ3) is 6.03. The molecule has 0 radical (unpaired) electrons. The molecule has 5 nitrogen and oxygen atoms in total. The van der Waals surface area contributed by atoms with Gasteiger partial charge in [-0.15, -0.1) is 0 Å². The standard InChI is InChI=1S/C15H26N2O3S/c1-12(2)13(3)11-17-21(18,19)15-7-5-14(6-8-15)20-10-9-16-4/h5-8,12-13,16-17H,9-11H2,1-4H3.